The zero-order valence-corrected chi connectivity index (χ0v) is 12.6. The number of allylic oxidation sites excluding steroid dienone is 2. The lowest BCUT2D eigenvalue weighted by Gasteiger charge is -2.19. The van der Waals surface area contributed by atoms with Gasteiger partial charge >= 0.3 is 0 Å². The van der Waals surface area contributed by atoms with Crippen LogP contribution in [-0.2, 0) is 11.3 Å². The van der Waals surface area contributed by atoms with Gasteiger partial charge in [-0.1, -0.05) is 24.3 Å². The molecule has 0 aromatic heterocycles. The predicted octanol–water partition coefficient (Wildman–Crippen LogP) is 2.36. The molecule has 2 rings (SSSR count). The number of benzene rings is 1. The number of carbonyl (C=O) groups is 2. The Morgan fingerprint density at radius 2 is 2.00 bits per heavy atom. The quantitative estimate of drug-likeness (QED) is 0.845. The molecule has 1 atom stereocenters. The molecule has 4 nitrogen and oxygen atoms in total. The smallest absolute Gasteiger partial charge is 0.251 e. The minimum atomic E-state index is -0.0981. The number of hydrogen-bond donors (Lipinski definition) is 1. The van der Waals surface area contributed by atoms with Crippen molar-refractivity contribution < 1.29 is 9.59 Å². The van der Waals surface area contributed by atoms with E-state index in [-0.39, 0.29) is 11.8 Å². The first kappa shape index (κ1) is 15.3. The molecule has 1 aliphatic rings. The molecule has 0 saturated carbocycles. The third-order valence-electron chi connectivity index (χ3n) is 3.84. The molecule has 0 saturated heterocycles. The molecule has 112 valence electrons. The second-order valence-electron chi connectivity index (χ2n) is 5.50. The molecule has 0 unspecified atom stereocenters. The summed E-state index contributed by atoms with van der Waals surface area (Å²) in [5.74, 6) is 0.469. The molecule has 2 amide bonds. The van der Waals surface area contributed by atoms with E-state index in [0.717, 1.165) is 18.4 Å². The van der Waals surface area contributed by atoms with E-state index >= 15 is 0 Å². The van der Waals surface area contributed by atoms with Gasteiger partial charge in [0.05, 0.1) is 0 Å². The standard InChI is InChI=1S/C17H22N2O2/c1-18-17(21)15-9-7-14(8-10-15)12-19(2)16(20)11-13-5-3-4-6-13/h3,5,7-10,13H,4,6,11-12H2,1-2H3,(H,18,21)/t13-/m1/s1. The topological polar surface area (TPSA) is 49.4 Å². The SMILES string of the molecule is CNC(=O)c1ccc(CN(C)C(=O)C[C@@H]2C=CCC2)cc1. The largest absolute Gasteiger partial charge is 0.355 e. The Kier molecular flexibility index (Phi) is 5.14. The van der Waals surface area contributed by atoms with Gasteiger partial charge in [-0.25, -0.2) is 0 Å². The molecule has 1 aliphatic carbocycles. The van der Waals surface area contributed by atoms with E-state index in [2.05, 4.69) is 17.5 Å². The summed E-state index contributed by atoms with van der Waals surface area (Å²) in [5.41, 5.74) is 1.66. The fraction of sp³-hybridized carbons (Fsp3) is 0.412. The lowest BCUT2D eigenvalue weighted by molar-refractivity contribution is -0.131. The molecule has 1 aromatic carbocycles. The van der Waals surface area contributed by atoms with Crippen LogP contribution in [0.3, 0.4) is 0 Å². The Hall–Kier alpha value is -2.10. The number of nitrogens with zero attached hydrogens (tertiary/aromatic N) is 1. The summed E-state index contributed by atoms with van der Waals surface area (Å²) in [5, 5.41) is 2.59. The first-order chi connectivity index (χ1) is 10.1. The number of hydrogen-bond acceptors (Lipinski definition) is 2. The number of amides is 2. The number of rotatable bonds is 5. The fourth-order valence-corrected chi connectivity index (χ4v) is 2.51. The van der Waals surface area contributed by atoms with E-state index in [4.69, 9.17) is 0 Å². The highest BCUT2D eigenvalue weighted by Gasteiger charge is 2.17. The average Bonchev–Trinajstić information content (AvgIpc) is 3.00. The average molecular weight is 286 g/mol. The van der Waals surface area contributed by atoms with Crippen molar-refractivity contribution in [2.75, 3.05) is 14.1 Å². The van der Waals surface area contributed by atoms with E-state index in [1.54, 1.807) is 24.1 Å². The highest BCUT2D eigenvalue weighted by molar-refractivity contribution is 5.93. The molecular formula is C17H22N2O2. The van der Waals surface area contributed by atoms with Gasteiger partial charge in [-0.2, -0.15) is 0 Å². The van der Waals surface area contributed by atoms with E-state index in [0.29, 0.717) is 24.4 Å². The van der Waals surface area contributed by atoms with Gasteiger partial charge in [0.1, 0.15) is 0 Å². The maximum Gasteiger partial charge on any atom is 0.251 e. The van der Waals surface area contributed by atoms with Gasteiger partial charge in [-0.3, -0.25) is 9.59 Å². The second kappa shape index (κ2) is 7.07. The third-order valence-corrected chi connectivity index (χ3v) is 3.84. The predicted molar refractivity (Wildman–Crippen MR) is 82.8 cm³/mol. The Morgan fingerprint density at radius 1 is 1.29 bits per heavy atom. The highest BCUT2D eigenvalue weighted by Crippen LogP contribution is 2.21. The summed E-state index contributed by atoms with van der Waals surface area (Å²) in [6.45, 7) is 0.573. The van der Waals surface area contributed by atoms with Gasteiger partial charge in [0.25, 0.3) is 5.91 Å². The summed E-state index contributed by atoms with van der Waals surface area (Å²) in [7, 11) is 3.44. The zero-order chi connectivity index (χ0) is 15.2. The molecule has 0 spiro atoms. The molecule has 0 fully saturated rings. The molecule has 4 heteroatoms. The van der Waals surface area contributed by atoms with Crippen molar-refractivity contribution in [1.82, 2.24) is 10.2 Å². The van der Waals surface area contributed by atoms with Crippen molar-refractivity contribution in [2.24, 2.45) is 5.92 Å². The molecular weight excluding hydrogens is 264 g/mol. The Balaban J connectivity index is 1.89. The minimum absolute atomic E-state index is 0.0981. The van der Waals surface area contributed by atoms with Crippen LogP contribution in [0.2, 0.25) is 0 Å². The Labute approximate surface area is 125 Å². The second-order valence-corrected chi connectivity index (χ2v) is 5.50. The van der Waals surface area contributed by atoms with Crippen molar-refractivity contribution in [2.45, 2.75) is 25.8 Å². The van der Waals surface area contributed by atoms with Crippen molar-refractivity contribution in [1.29, 1.82) is 0 Å². The van der Waals surface area contributed by atoms with Crippen molar-refractivity contribution in [3.05, 3.63) is 47.5 Å². The van der Waals surface area contributed by atoms with Gasteiger partial charge in [0.2, 0.25) is 5.91 Å². The van der Waals surface area contributed by atoms with Gasteiger partial charge in [0, 0.05) is 32.6 Å². The van der Waals surface area contributed by atoms with Crippen LogP contribution in [0, 0.1) is 5.92 Å². The van der Waals surface area contributed by atoms with Crippen LogP contribution in [0.4, 0.5) is 0 Å². The lowest BCUT2D eigenvalue weighted by Crippen LogP contribution is -2.27. The van der Waals surface area contributed by atoms with Crippen LogP contribution in [0.1, 0.15) is 35.2 Å². The van der Waals surface area contributed by atoms with Crippen molar-refractivity contribution in [3.63, 3.8) is 0 Å². The molecule has 1 N–H and O–H groups in total. The van der Waals surface area contributed by atoms with Crippen LogP contribution < -0.4 is 5.32 Å². The van der Waals surface area contributed by atoms with E-state index in [1.807, 2.05) is 19.2 Å². The number of nitrogens with one attached hydrogen (secondary N) is 1. The summed E-state index contributed by atoms with van der Waals surface area (Å²) >= 11 is 0. The van der Waals surface area contributed by atoms with Gasteiger partial charge < -0.3 is 10.2 Å². The molecule has 0 heterocycles. The van der Waals surface area contributed by atoms with E-state index < -0.39 is 0 Å². The van der Waals surface area contributed by atoms with Gasteiger partial charge in [-0.15, -0.1) is 0 Å². The highest BCUT2D eigenvalue weighted by atomic mass is 16.2. The summed E-state index contributed by atoms with van der Waals surface area (Å²) in [6.07, 6.45) is 7.05. The van der Waals surface area contributed by atoms with Gasteiger partial charge in [0.15, 0.2) is 0 Å². The van der Waals surface area contributed by atoms with Crippen LogP contribution >= 0.6 is 0 Å². The zero-order valence-electron chi connectivity index (χ0n) is 12.6. The monoisotopic (exact) mass is 286 g/mol. The molecule has 0 radical (unpaired) electrons. The maximum absolute atomic E-state index is 12.2. The minimum Gasteiger partial charge on any atom is -0.355 e. The summed E-state index contributed by atoms with van der Waals surface area (Å²) in [4.78, 5) is 25.4. The Morgan fingerprint density at radius 3 is 2.57 bits per heavy atom. The van der Waals surface area contributed by atoms with Crippen molar-refractivity contribution >= 4 is 11.8 Å². The normalized spacial score (nSPS) is 16.8. The first-order valence-electron chi connectivity index (χ1n) is 7.32. The van der Waals surface area contributed by atoms with Crippen LogP contribution in [-0.4, -0.2) is 30.8 Å². The van der Waals surface area contributed by atoms with Crippen LogP contribution in [0.15, 0.2) is 36.4 Å². The van der Waals surface area contributed by atoms with Crippen LogP contribution in [0.25, 0.3) is 0 Å². The van der Waals surface area contributed by atoms with E-state index in [1.165, 1.54) is 0 Å². The molecule has 0 bridgehead atoms. The first-order valence-corrected chi connectivity index (χ1v) is 7.32. The molecule has 0 aliphatic heterocycles. The maximum atomic E-state index is 12.2. The van der Waals surface area contributed by atoms with Crippen LogP contribution in [0.5, 0.6) is 0 Å². The molecule has 21 heavy (non-hydrogen) atoms. The fourth-order valence-electron chi connectivity index (χ4n) is 2.51. The van der Waals surface area contributed by atoms with Gasteiger partial charge in [-0.05, 0) is 36.5 Å². The summed E-state index contributed by atoms with van der Waals surface area (Å²) in [6, 6.07) is 7.35. The third kappa shape index (κ3) is 4.18. The summed E-state index contributed by atoms with van der Waals surface area (Å²) < 4.78 is 0. The number of carbonyl (C=O) groups excluding carboxylic acids is 2. The molecule has 1 aromatic rings. The Bertz CT molecular complexity index is 534. The van der Waals surface area contributed by atoms with E-state index in [9.17, 15) is 9.59 Å². The van der Waals surface area contributed by atoms with Crippen molar-refractivity contribution in [3.8, 4) is 0 Å². The lowest BCUT2D eigenvalue weighted by atomic mass is 10.0.